The van der Waals surface area contributed by atoms with Crippen LogP contribution in [0.3, 0.4) is 0 Å². The molecule has 1 aliphatic carbocycles. The molecule has 0 radical (unpaired) electrons. The quantitative estimate of drug-likeness (QED) is 0.685. The molecule has 1 amide bonds. The lowest BCUT2D eigenvalue weighted by atomic mass is 10.0. The Hall–Kier alpha value is -2.12. The molecule has 2 aliphatic rings. The van der Waals surface area contributed by atoms with Crippen molar-refractivity contribution in [3.63, 3.8) is 0 Å². The lowest BCUT2D eigenvalue weighted by molar-refractivity contribution is -0.118. The maximum atomic E-state index is 12.3. The SMILES string of the molecule is N#C/C(=C\c1ccccc1)C(=O)NC1CCN(C2CC2)CC1. The molecule has 1 saturated heterocycles. The third-order valence-electron chi connectivity index (χ3n) is 4.40. The van der Waals surface area contributed by atoms with Crippen LogP contribution in [0.4, 0.5) is 0 Å². The van der Waals surface area contributed by atoms with Crippen molar-refractivity contribution < 1.29 is 4.79 Å². The van der Waals surface area contributed by atoms with Crippen molar-refractivity contribution in [1.82, 2.24) is 10.2 Å². The highest BCUT2D eigenvalue weighted by molar-refractivity contribution is 6.01. The Morgan fingerprint density at radius 1 is 1.18 bits per heavy atom. The van der Waals surface area contributed by atoms with Crippen molar-refractivity contribution in [3.8, 4) is 6.07 Å². The molecule has 2 fully saturated rings. The molecule has 0 unspecified atom stereocenters. The summed E-state index contributed by atoms with van der Waals surface area (Å²) in [5.74, 6) is -0.253. The highest BCUT2D eigenvalue weighted by atomic mass is 16.1. The lowest BCUT2D eigenvalue weighted by Gasteiger charge is -2.32. The summed E-state index contributed by atoms with van der Waals surface area (Å²) in [5.41, 5.74) is 1.05. The molecule has 1 heterocycles. The Bertz CT molecular complexity index is 591. The van der Waals surface area contributed by atoms with Crippen LogP contribution in [0.15, 0.2) is 35.9 Å². The minimum Gasteiger partial charge on any atom is -0.349 e. The van der Waals surface area contributed by atoms with E-state index in [-0.39, 0.29) is 17.5 Å². The molecule has 0 aromatic heterocycles. The topological polar surface area (TPSA) is 56.1 Å². The number of benzene rings is 1. The highest BCUT2D eigenvalue weighted by Crippen LogP contribution is 2.29. The van der Waals surface area contributed by atoms with Gasteiger partial charge in [0.15, 0.2) is 0 Å². The van der Waals surface area contributed by atoms with Crippen molar-refractivity contribution >= 4 is 12.0 Å². The van der Waals surface area contributed by atoms with E-state index in [1.54, 1.807) is 6.08 Å². The molecular weight excluding hydrogens is 274 g/mol. The van der Waals surface area contributed by atoms with E-state index in [4.69, 9.17) is 0 Å². The van der Waals surface area contributed by atoms with Crippen LogP contribution < -0.4 is 5.32 Å². The number of rotatable bonds is 4. The Balaban J connectivity index is 1.56. The van der Waals surface area contributed by atoms with Gasteiger partial charge in [-0.1, -0.05) is 30.3 Å². The van der Waals surface area contributed by atoms with Crippen LogP contribution in [0, 0.1) is 11.3 Å². The number of nitriles is 1. The second-order valence-electron chi connectivity index (χ2n) is 6.10. The zero-order valence-corrected chi connectivity index (χ0v) is 12.7. The highest BCUT2D eigenvalue weighted by Gasteiger charge is 2.32. The van der Waals surface area contributed by atoms with Crippen molar-refractivity contribution in [2.75, 3.05) is 13.1 Å². The molecule has 1 aliphatic heterocycles. The molecule has 0 spiro atoms. The lowest BCUT2D eigenvalue weighted by Crippen LogP contribution is -2.45. The molecule has 114 valence electrons. The average molecular weight is 295 g/mol. The summed E-state index contributed by atoms with van der Waals surface area (Å²) in [5, 5.41) is 12.2. The maximum absolute atomic E-state index is 12.3. The third-order valence-corrected chi connectivity index (χ3v) is 4.40. The predicted molar refractivity (Wildman–Crippen MR) is 85.8 cm³/mol. The molecule has 3 rings (SSSR count). The number of hydrogen-bond acceptors (Lipinski definition) is 3. The average Bonchev–Trinajstić information content (AvgIpc) is 3.39. The molecule has 4 nitrogen and oxygen atoms in total. The summed E-state index contributed by atoms with van der Waals surface area (Å²) in [7, 11) is 0. The second-order valence-corrected chi connectivity index (χ2v) is 6.10. The Labute approximate surface area is 131 Å². The summed E-state index contributed by atoms with van der Waals surface area (Å²) >= 11 is 0. The van der Waals surface area contributed by atoms with Crippen LogP contribution in [0.1, 0.15) is 31.2 Å². The number of carbonyl (C=O) groups excluding carboxylic acids is 1. The van der Waals surface area contributed by atoms with Crippen molar-refractivity contribution in [2.45, 2.75) is 37.8 Å². The van der Waals surface area contributed by atoms with Crippen LogP contribution >= 0.6 is 0 Å². The van der Waals surface area contributed by atoms with Gasteiger partial charge in [0.2, 0.25) is 0 Å². The van der Waals surface area contributed by atoms with Gasteiger partial charge in [0.1, 0.15) is 11.6 Å². The summed E-state index contributed by atoms with van der Waals surface area (Å²) in [6.07, 6.45) is 6.26. The van der Waals surface area contributed by atoms with E-state index in [0.717, 1.165) is 37.5 Å². The molecule has 1 aromatic carbocycles. The van der Waals surface area contributed by atoms with E-state index in [9.17, 15) is 10.1 Å². The summed E-state index contributed by atoms with van der Waals surface area (Å²) in [6.45, 7) is 2.11. The van der Waals surface area contributed by atoms with Crippen LogP contribution in [0.5, 0.6) is 0 Å². The monoisotopic (exact) mass is 295 g/mol. The largest absolute Gasteiger partial charge is 0.349 e. The Morgan fingerprint density at radius 2 is 1.86 bits per heavy atom. The van der Waals surface area contributed by atoms with Gasteiger partial charge in [-0.15, -0.1) is 0 Å². The number of nitrogens with zero attached hydrogens (tertiary/aromatic N) is 2. The summed E-state index contributed by atoms with van der Waals surface area (Å²) < 4.78 is 0. The summed E-state index contributed by atoms with van der Waals surface area (Å²) in [4.78, 5) is 14.8. The van der Waals surface area contributed by atoms with Crippen molar-refractivity contribution in [3.05, 3.63) is 41.5 Å². The number of carbonyl (C=O) groups is 1. The second kappa shape index (κ2) is 6.76. The zero-order chi connectivity index (χ0) is 15.4. The van der Waals surface area contributed by atoms with Gasteiger partial charge in [0.25, 0.3) is 5.91 Å². The molecule has 1 aromatic rings. The molecule has 4 heteroatoms. The number of likely N-dealkylation sites (tertiary alicyclic amines) is 1. The van der Waals surface area contributed by atoms with E-state index in [1.807, 2.05) is 36.4 Å². The molecule has 0 atom stereocenters. The third kappa shape index (κ3) is 3.75. The fourth-order valence-electron chi connectivity index (χ4n) is 2.98. The van der Waals surface area contributed by atoms with Gasteiger partial charge in [-0.3, -0.25) is 4.79 Å². The van der Waals surface area contributed by atoms with Crippen molar-refractivity contribution in [2.24, 2.45) is 0 Å². The van der Waals surface area contributed by atoms with E-state index < -0.39 is 0 Å². The Morgan fingerprint density at radius 3 is 2.45 bits per heavy atom. The fraction of sp³-hybridized carbons (Fsp3) is 0.444. The van der Waals surface area contributed by atoms with E-state index >= 15 is 0 Å². The number of hydrogen-bond donors (Lipinski definition) is 1. The first-order valence-electron chi connectivity index (χ1n) is 7.98. The molecule has 0 bridgehead atoms. The normalized spacial score (nSPS) is 20.4. The van der Waals surface area contributed by atoms with Gasteiger partial charge >= 0.3 is 0 Å². The minimum atomic E-state index is -0.253. The smallest absolute Gasteiger partial charge is 0.262 e. The fourth-order valence-corrected chi connectivity index (χ4v) is 2.98. The van der Waals surface area contributed by atoms with E-state index in [1.165, 1.54) is 12.8 Å². The van der Waals surface area contributed by atoms with Gasteiger partial charge in [-0.2, -0.15) is 5.26 Å². The first-order valence-corrected chi connectivity index (χ1v) is 7.98. The van der Waals surface area contributed by atoms with Gasteiger partial charge in [0.05, 0.1) is 0 Å². The molecular formula is C18H21N3O. The molecule has 22 heavy (non-hydrogen) atoms. The number of piperidine rings is 1. The van der Waals surface area contributed by atoms with Crippen LogP contribution in [0.25, 0.3) is 6.08 Å². The van der Waals surface area contributed by atoms with Crippen molar-refractivity contribution in [1.29, 1.82) is 5.26 Å². The number of nitrogens with one attached hydrogen (secondary N) is 1. The standard InChI is InChI=1S/C18H21N3O/c19-13-15(12-14-4-2-1-3-5-14)18(22)20-16-8-10-21(11-9-16)17-6-7-17/h1-5,12,16-17H,6-11H2,(H,20,22)/b15-12+. The summed E-state index contributed by atoms with van der Waals surface area (Å²) in [6, 6.07) is 12.5. The van der Waals surface area contributed by atoms with E-state index in [0.29, 0.717) is 0 Å². The maximum Gasteiger partial charge on any atom is 0.262 e. The van der Waals surface area contributed by atoms with Crippen LogP contribution in [-0.2, 0) is 4.79 Å². The van der Waals surface area contributed by atoms with Gasteiger partial charge in [-0.25, -0.2) is 0 Å². The number of amides is 1. The van der Waals surface area contributed by atoms with Gasteiger partial charge < -0.3 is 10.2 Å². The van der Waals surface area contributed by atoms with Gasteiger partial charge in [0, 0.05) is 25.2 Å². The first kappa shape index (κ1) is 14.8. The van der Waals surface area contributed by atoms with Crippen LogP contribution in [0.2, 0.25) is 0 Å². The van der Waals surface area contributed by atoms with E-state index in [2.05, 4.69) is 10.2 Å². The van der Waals surface area contributed by atoms with Gasteiger partial charge in [-0.05, 0) is 37.3 Å². The first-order chi connectivity index (χ1) is 10.8. The molecule has 1 N–H and O–H groups in total. The molecule has 1 saturated carbocycles. The predicted octanol–water partition coefficient (Wildman–Crippen LogP) is 2.34. The Kier molecular flexibility index (Phi) is 4.55. The zero-order valence-electron chi connectivity index (χ0n) is 12.7. The minimum absolute atomic E-state index is 0.177. The van der Waals surface area contributed by atoms with Crippen LogP contribution in [-0.4, -0.2) is 36.0 Å².